The first-order chi connectivity index (χ1) is 14.5. The van der Waals surface area contributed by atoms with E-state index in [0.717, 1.165) is 5.13 Å². The summed E-state index contributed by atoms with van der Waals surface area (Å²) in [4.78, 5) is 24.9. The van der Waals surface area contributed by atoms with Gasteiger partial charge in [0.05, 0.1) is 9.80 Å². The summed E-state index contributed by atoms with van der Waals surface area (Å²) in [6.07, 6.45) is 9.57. The number of nitro groups is 1. The summed E-state index contributed by atoms with van der Waals surface area (Å²) in [5.41, 5.74) is 1.18. The van der Waals surface area contributed by atoms with E-state index < -0.39 is 4.92 Å². The molecule has 0 aliphatic rings. The van der Waals surface area contributed by atoms with E-state index in [9.17, 15) is 14.9 Å². The summed E-state index contributed by atoms with van der Waals surface area (Å²) < 4.78 is 4.44. The monoisotopic (exact) mass is 433 g/mol. The minimum absolute atomic E-state index is 0.0340. The van der Waals surface area contributed by atoms with Crippen LogP contribution in [-0.4, -0.2) is 23.4 Å². The molecule has 30 heavy (non-hydrogen) atoms. The lowest BCUT2D eigenvalue weighted by Crippen LogP contribution is -1.90. The van der Waals surface area contributed by atoms with Gasteiger partial charge in [-0.25, -0.2) is 4.98 Å². The number of hydrogen-bond acceptors (Lipinski definition) is 7. The minimum Gasteiger partial charge on any atom is -0.429 e. The number of allylic oxidation sites excluding steroid dienone is 5. The smallest absolute Gasteiger partial charge is 0.298 e. The fourth-order valence-electron chi connectivity index (χ4n) is 1.63. The maximum absolute atomic E-state index is 10.2. The summed E-state index contributed by atoms with van der Waals surface area (Å²) in [6.45, 7) is 13.9. The lowest BCUT2D eigenvalue weighted by molar-refractivity contribution is -0.384. The molecule has 1 N–H and O–H groups in total. The predicted molar refractivity (Wildman–Crippen MR) is 127 cm³/mol. The van der Waals surface area contributed by atoms with E-state index in [4.69, 9.17) is 0 Å². The lowest BCUT2D eigenvalue weighted by Gasteiger charge is -1.94. The Labute approximate surface area is 183 Å². The zero-order chi connectivity index (χ0) is 23.4. The maximum Gasteiger partial charge on any atom is 0.298 e. The SMILES string of the molecule is C=C/C=C\C=C(/C)c1cnc(NC)s1.CC.CC.O=COc1ccc([N+](=O)[O-])cc1. The van der Waals surface area contributed by atoms with Crippen molar-refractivity contribution in [3.05, 3.63) is 76.3 Å². The second kappa shape index (κ2) is 19.1. The van der Waals surface area contributed by atoms with Crippen molar-refractivity contribution in [3.8, 4) is 5.75 Å². The highest BCUT2D eigenvalue weighted by molar-refractivity contribution is 7.16. The topological polar surface area (TPSA) is 94.4 Å². The van der Waals surface area contributed by atoms with E-state index in [2.05, 4.69) is 34.6 Å². The van der Waals surface area contributed by atoms with Crippen molar-refractivity contribution >= 4 is 34.2 Å². The number of nitrogens with one attached hydrogen (secondary N) is 1. The Morgan fingerprint density at radius 2 is 1.80 bits per heavy atom. The number of carbonyl (C=O) groups excluding carboxylic acids is 1. The largest absolute Gasteiger partial charge is 0.429 e. The van der Waals surface area contributed by atoms with Gasteiger partial charge in [-0.15, -0.1) is 0 Å². The van der Waals surface area contributed by atoms with Crippen LogP contribution in [0.2, 0.25) is 0 Å². The molecule has 0 amide bonds. The van der Waals surface area contributed by atoms with Crippen molar-refractivity contribution in [3.63, 3.8) is 0 Å². The third-order valence-corrected chi connectivity index (χ3v) is 4.08. The first-order valence-electron chi connectivity index (χ1n) is 9.46. The molecule has 8 heteroatoms. The van der Waals surface area contributed by atoms with Crippen LogP contribution < -0.4 is 10.1 Å². The third kappa shape index (κ3) is 12.2. The van der Waals surface area contributed by atoms with Gasteiger partial charge >= 0.3 is 0 Å². The zero-order valence-electron chi connectivity index (χ0n) is 18.4. The summed E-state index contributed by atoms with van der Waals surface area (Å²) >= 11 is 1.65. The average molecular weight is 434 g/mol. The van der Waals surface area contributed by atoms with Gasteiger partial charge in [0.2, 0.25) is 0 Å². The van der Waals surface area contributed by atoms with E-state index >= 15 is 0 Å². The molecule has 0 aliphatic heterocycles. The molecule has 2 rings (SSSR count). The van der Waals surface area contributed by atoms with Gasteiger partial charge in [0.1, 0.15) is 5.75 Å². The van der Waals surface area contributed by atoms with Crippen molar-refractivity contribution < 1.29 is 14.5 Å². The van der Waals surface area contributed by atoms with Crippen molar-refractivity contribution in [2.45, 2.75) is 34.6 Å². The molecule has 0 bridgehead atoms. The Balaban J connectivity index is 0. The van der Waals surface area contributed by atoms with Gasteiger partial charge in [0.25, 0.3) is 12.2 Å². The summed E-state index contributed by atoms with van der Waals surface area (Å²) in [5, 5.41) is 14.1. The number of carbonyl (C=O) groups is 1. The van der Waals surface area contributed by atoms with Crippen molar-refractivity contribution in [1.29, 1.82) is 0 Å². The van der Waals surface area contributed by atoms with Gasteiger partial charge in [0.15, 0.2) is 5.13 Å². The second-order valence-electron chi connectivity index (χ2n) is 4.72. The molecular formula is C22H31N3O4S. The maximum atomic E-state index is 10.2. The van der Waals surface area contributed by atoms with Crippen molar-refractivity contribution in [1.82, 2.24) is 4.98 Å². The number of anilines is 1. The second-order valence-corrected chi connectivity index (χ2v) is 5.75. The predicted octanol–water partition coefficient (Wildman–Crippen LogP) is 6.51. The Morgan fingerprint density at radius 1 is 1.20 bits per heavy atom. The van der Waals surface area contributed by atoms with Crippen LogP contribution in [0.5, 0.6) is 5.75 Å². The Hall–Kier alpha value is -3.26. The molecule has 1 aromatic carbocycles. The highest BCUT2D eigenvalue weighted by atomic mass is 32.1. The first kappa shape index (κ1) is 28.9. The number of nitrogens with zero attached hydrogens (tertiary/aromatic N) is 2. The van der Waals surface area contributed by atoms with Gasteiger partial charge in [-0.05, 0) is 24.6 Å². The molecule has 0 fully saturated rings. The van der Waals surface area contributed by atoms with Crippen molar-refractivity contribution in [2.24, 2.45) is 0 Å². The molecule has 7 nitrogen and oxygen atoms in total. The number of thiazole rings is 1. The van der Waals surface area contributed by atoms with Crippen LogP contribution in [0.15, 0.2) is 61.3 Å². The molecule has 2 aromatic rings. The number of benzene rings is 1. The molecule has 0 saturated heterocycles. The fourth-order valence-corrected chi connectivity index (χ4v) is 2.38. The van der Waals surface area contributed by atoms with Crippen LogP contribution in [0, 0.1) is 10.1 Å². The van der Waals surface area contributed by atoms with E-state index in [0.29, 0.717) is 0 Å². The molecule has 164 valence electrons. The minimum atomic E-state index is -0.523. The summed E-state index contributed by atoms with van der Waals surface area (Å²) in [7, 11) is 1.87. The fraction of sp³-hybridized carbons (Fsp3) is 0.273. The van der Waals surface area contributed by atoms with Crippen LogP contribution in [0.4, 0.5) is 10.8 Å². The Morgan fingerprint density at radius 3 is 2.23 bits per heavy atom. The van der Waals surface area contributed by atoms with E-state index in [1.54, 1.807) is 17.4 Å². The normalized spacial score (nSPS) is 9.60. The lowest BCUT2D eigenvalue weighted by atomic mass is 10.2. The van der Waals surface area contributed by atoms with Crippen LogP contribution in [-0.2, 0) is 4.79 Å². The number of rotatable bonds is 7. The Kier molecular flexibility index (Phi) is 18.4. The summed E-state index contributed by atoms with van der Waals surface area (Å²) in [5.74, 6) is 0.288. The van der Waals surface area contributed by atoms with Gasteiger partial charge in [-0.3, -0.25) is 14.9 Å². The van der Waals surface area contributed by atoms with E-state index in [1.165, 1.54) is 34.7 Å². The molecule has 0 aliphatic carbocycles. The van der Waals surface area contributed by atoms with Crippen LogP contribution in [0.1, 0.15) is 39.5 Å². The molecular weight excluding hydrogens is 402 g/mol. The van der Waals surface area contributed by atoms with Crippen molar-refractivity contribution in [2.75, 3.05) is 12.4 Å². The van der Waals surface area contributed by atoms with E-state index in [-0.39, 0.29) is 17.9 Å². The van der Waals surface area contributed by atoms with Gasteiger partial charge in [-0.2, -0.15) is 0 Å². The molecule has 0 saturated carbocycles. The Bertz CT molecular complexity index is 797. The van der Waals surface area contributed by atoms with Gasteiger partial charge in [0, 0.05) is 25.4 Å². The molecule has 0 spiro atoms. The van der Waals surface area contributed by atoms with Crippen LogP contribution >= 0.6 is 11.3 Å². The quantitative estimate of drug-likeness (QED) is 0.231. The standard InChI is InChI=1S/C11H14N2S.C7H5NO4.2C2H6/c1-4-5-6-7-9(2)10-8-13-11(12-3)14-10;9-5-12-7-3-1-6(2-4-7)8(10)11;2*1-2/h4-8H,1H2,2-3H3,(H,12,13);1-5H;2*1-2H3/b6-5-,9-7+;;;. The molecule has 1 aromatic heterocycles. The van der Waals surface area contributed by atoms with E-state index in [1.807, 2.05) is 53.1 Å². The zero-order valence-corrected chi connectivity index (χ0v) is 19.2. The van der Waals surface area contributed by atoms with Gasteiger partial charge in [-0.1, -0.05) is 69.9 Å². The number of non-ortho nitro benzene ring substituents is 1. The molecule has 1 heterocycles. The number of hydrogen-bond donors (Lipinski definition) is 1. The molecule has 0 radical (unpaired) electrons. The van der Waals surface area contributed by atoms with Crippen LogP contribution in [0.3, 0.4) is 0 Å². The number of nitro benzene ring substituents is 1. The average Bonchev–Trinajstić information content (AvgIpc) is 3.27. The first-order valence-corrected chi connectivity index (χ1v) is 10.3. The summed E-state index contributed by atoms with van der Waals surface area (Å²) in [6, 6.07) is 5.23. The van der Waals surface area contributed by atoms with Crippen LogP contribution in [0.25, 0.3) is 5.57 Å². The molecule has 0 atom stereocenters. The molecule has 0 unspecified atom stereocenters. The number of ether oxygens (including phenoxy) is 1. The highest BCUT2D eigenvalue weighted by Crippen LogP contribution is 2.24. The third-order valence-electron chi connectivity index (χ3n) is 2.93. The highest BCUT2D eigenvalue weighted by Gasteiger charge is 2.03. The van der Waals surface area contributed by atoms with Gasteiger partial charge < -0.3 is 10.1 Å². The number of aromatic nitrogens is 1.